The number of nitrogens with zero attached hydrogens (tertiary/aromatic N) is 2. The second-order valence-corrected chi connectivity index (χ2v) is 6.88. The summed E-state index contributed by atoms with van der Waals surface area (Å²) in [6.45, 7) is 2.24. The maximum atomic E-state index is 12.7. The van der Waals surface area contributed by atoms with Crippen molar-refractivity contribution >= 4 is 29.1 Å². The lowest BCUT2D eigenvalue weighted by molar-refractivity contribution is 0.0785. The van der Waals surface area contributed by atoms with E-state index in [-0.39, 0.29) is 17.5 Å². The van der Waals surface area contributed by atoms with Crippen molar-refractivity contribution in [1.82, 2.24) is 9.88 Å². The number of benzene rings is 2. The minimum Gasteiger partial charge on any atom is -0.337 e. The fourth-order valence-electron chi connectivity index (χ4n) is 2.84. The molecule has 3 rings (SSSR count). The number of halogens is 1. The summed E-state index contributed by atoms with van der Waals surface area (Å²) in [5, 5.41) is 3.22. The van der Waals surface area contributed by atoms with Gasteiger partial charge >= 0.3 is 0 Å². The average molecular weight is 394 g/mol. The molecule has 0 bridgehead atoms. The molecule has 2 amide bonds. The van der Waals surface area contributed by atoms with Crippen molar-refractivity contribution in [3.8, 4) is 0 Å². The van der Waals surface area contributed by atoms with Gasteiger partial charge in [-0.05, 0) is 42.8 Å². The Balaban J connectivity index is 1.81. The zero-order valence-corrected chi connectivity index (χ0v) is 16.4. The smallest absolute Gasteiger partial charge is 0.274 e. The molecule has 0 aliphatic heterocycles. The van der Waals surface area contributed by atoms with Gasteiger partial charge in [0.25, 0.3) is 11.8 Å². The van der Waals surface area contributed by atoms with Crippen LogP contribution in [0.15, 0.2) is 66.9 Å². The first kappa shape index (κ1) is 19.6. The maximum Gasteiger partial charge on any atom is 0.274 e. The van der Waals surface area contributed by atoms with E-state index < -0.39 is 0 Å². The third kappa shape index (κ3) is 4.56. The highest BCUT2D eigenvalue weighted by Gasteiger charge is 2.17. The van der Waals surface area contributed by atoms with Gasteiger partial charge in [-0.3, -0.25) is 14.6 Å². The third-order valence-electron chi connectivity index (χ3n) is 4.26. The fourth-order valence-corrected chi connectivity index (χ4v) is 3.08. The topological polar surface area (TPSA) is 62.3 Å². The highest BCUT2D eigenvalue weighted by molar-refractivity contribution is 6.34. The van der Waals surface area contributed by atoms with Gasteiger partial charge in [0.2, 0.25) is 0 Å². The number of anilines is 1. The molecule has 0 spiro atoms. The van der Waals surface area contributed by atoms with E-state index in [0.717, 1.165) is 11.1 Å². The van der Waals surface area contributed by atoms with Crippen molar-refractivity contribution in [3.05, 3.63) is 94.3 Å². The van der Waals surface area contributed by atoms with Crippen LogP contribution in [0.1, 0.15) is 32.0 Å². The van der Waals surface area contributed by atoms with Gasteiger partial charge in [-0.25, -0.2) is 0 Å². The van der Waals surface area contributed by atoms with Gasteiger partial charge in [0, 0.05) is 25.4 Å². The summed E-state index contributed by atoms with van der Waals surface area (Å²) in [7, 11) is 1.72. The van der Waals surface area contributed by atoms with Gasteiger partial charge in [-0.1, -0.05) is 47.5 Å². The standard InChI is InChI=1S/C22H20ClN3O2/c1-15-7-5-8-16(13-15)22(28)26(2)14-17-9-6-10-18(23)20(17)25-21(27)19-11-3-4-12-24-19/h3-13H,14H2,1-2H3,(H,25,27). The summed E-state index contributed by atoms with van der Waals surface area (Å²) >= 11 is 6.32. The molecule has 3 aromatic rings. The van der Waals surface area contributed by atoms with Crippen LogP contribution in [-0.4, -0.2) is 28.7 Å². The Labute approximate surface area is 169 Å². The number of nitrogens with one attached hydrogen (secondary N) is 1. The van der Waals surface area contributed by atoms with Crippen LogP contribution >= 0.6 is 11.6 Å². The van der Waals surface area contributed by atoms with Crippen LogP contribution in [0, 0.1) is 6.92 Å². The molecule has 2 aromatic carbocycles. The predicted octanol–water partition coefficient (Wildman–Crippen LogP) is 4.57. The molecule has 0 radical (unpaired) electrons. The summed E-state index contributed by atoms with van der Waals surface area (Å²) in [5.41, 5.74) is 3.13. The van der Waals surface area contributed by atoms with Crippen molar-refractivity contribution in [3.63, 3.8) is 0 Å². The largest absolute Gasteiger partial charge is 0.337 e. The minimum absolute atomic E-state index is 0.106. The van der Waals surface area contributed by atoms with Crippen molar-refractivity contribution in [2.24, 2.45) is 0 Å². The molecule has 0 saturated heterocycles. The number of aryl methyl sites for hydroxylation is 1. The first-order chi connectivity index (χ1) is 13.5. The van der Waals surface area contributed by atoms with Crippen LogP contribution in [0.5, 0.6) is 0 Å². The van der Waals surface area contributed by atoms with Crippen LogP contribution in [0.2, 0.25) is 5.02 Å². The Morgan fingerprint density at radius 3 is 2.57 bits per heavy atom. The molecule has 0 unspecified atom stereocenters. The Morgan fingerprint density at radius 2 is 1.86 bits per heavy atom. The number of para-hydroxylation sites is 1. The van der Waals surface area contributed by atoms with E-state index in [9.17, 15) is 9.59 Å². The number of rotatable bonds is 5. The Hall–Kier alpha value is -3.18. The zero-order chi connectivity index (χ0) is 20.1. The van der Waals surface area contributed by atoms with Crippen molar-refractivity contribution in [2.45, 2.75) is 13.5 Å². The van der Waals surface area contributed by atoms with Crippen molar-refractivity contribution in [2.75, 3.05) is 12.4 Å². The second kappa shape index (κ2) is 8.67. The lowest BCUT2D eigenvalue weighted by atomic mass is 10.1. The molecular weight excluding hydrogens is 374 g/mol. The number of aromatic nitrogens is 1. The van der Waals surface area contributed by atoms with Gasteiger partial charge in [0.15, 0.2) is 0 Å². The molecule has 1 heterocycles. The molecule has 0 saturated carbocycles. The van der Waals surface area contributed by atoms with Crippen LogP contribution in [0.25, 0.3) is 0 Å². The number of carbonyl (C=O) groups excluding carboxylic acids is 2. The van der Waals surface area contributed by atoms with Gasteiger partial charge in [0.05, 0.1) is 10.7 Å². The summed E-state index contributed by atoms with van der Waals surface area (Å²) in [6, 6.07) is 17.9. The molecule has 0 fully saturated rings. The Morgan fingerprint density at radius 1 is 1.07 bits per heavy atom. The average Bonchev–Trinajstić information content (AvgIpc) is 2.70. The van der Waals surface area contributed by atoms with Crippen molar-refractivity contribution in [1.29, 1.82) is 0 Å². The molecular formula is C22H20ClN3O2. The highest BCUT2D eigenvalue weighted by atomic mass is 35.5. The summed E-state index contributed by atoms with van der Waals surface area (Å²) in [4.78, 5) is 30.9. The number of amides is 2. The first-order valence-corrected chi connectivity index (χ1v) is 9.15. The minimum atomic E-state index is -0.359. The first-order valence-electron chi connectivity index (χ1n) is 8.77. The highest BCUT2D eigenvalue weighted by Crippen LogP contribution is 2.27. The van der Waals surface area contributed by atoms with Gasteiger partial charge in [-0.2, -0.15) is 0 Å². The monoisotopic (exact) mass is 393 g/mol. The number of hydrogen-bond donors (Lipinski definition) is 1. The SMILES string of the molecule is Cc1cccc(C(=O)N(C)Cc2cccc(Cl)c2NC(=O)c2ccccn2)c1. The molecule has 142 valence electrons. The second-order valence-electron chi connectivity index (χ2n) is 6.47. The van der Waals surface area contributed by atoms with Crippen molar-refractivity contribution < 1.29 is 9.59 Å². The van der Waals surface area contributed by atoms with E-state index >= 15 is 0 Å². The van der Waals surface area contributed by atoms with E-state index in [4.69, 9.17) is 11.6 Å². The lowest BCUT2D eigenvalue weighted by Crippen LogP contribution is -2.27. The summed E-state index contributed by atoms with van der Waals surface area (Å²) in [6.07, 6.45) is 1.55. The van der Waals surface area contributed by atoms with Crippen LogP contribution < -0.4 is 5.32 Å². The van der Waals surface area contributed by atoms with Gasteiger partial charge in [-0.15, -0.1) is 0 Å². The Kier molecular flexibility index (Phi) is 6.06. The van der Waals surface area contributed by atoms with Crippen LogP contribution in [0.3, 0.4) is 0 Å². The molecule has 0 atom stereocenters. The molecule has 0 aliphatic rings. The quantitative estimate of drug-likeness (QED) is 0.690. The zero-order valence-electron chi connectivity index (χ0n) is 15.6. The van der Waals surface area contributed by atoms with Crippen LogP contribution in [-0.2, 0) is 6.54 Å². The fraction of sp³-hybridized carbons (Fsp3) is 0.136. The normalized spacial score (nSPS) is 10.4. The molecule has 28 heavy (non-hydrogen) atoms. The van der Waals surface area contributed by atoms with Gasteiger partial charge in [0.1, 0.15) is 5.69 Å². The molecule has 5 nitrogen and oxygen atoms in total. The summed E-state index contributed by atoms with van der Waals surface area (Å²) < 4.78 is 0. The van der Waals surface area contributed by atoms with Crippen LogP contribution in [0.4, 0.5) is 5.69 Å². The Bertz CT molecular complexity index is 1010. The van der Waals surface area contributed by atoms with E-state index in [0.29, 0.717) is 22.8 Å². The van der Waals surface area contributed by atoms with E-state index in [2.05, 4.69) is 10.3 Å². The molecule has 6 heteroatoms. The van der Waals surface area contributed by atoms with E-state index in [1.165, 1.54) is 0 Å². The molecule has 1 aromatic heterocycles. The van der Waals surface area contributed by atoms with Gasteiger partial charge < -0.3 is 10.2 Å². The van der Waals surface area contributed by atoms with E-state index in [1.54, 1.807) is 54.5 Å². The number of pyridine rings is 1. The predicted molar refractivity (Wildman–Crippen MR) is 111 cm³/mol. The third-order valence-corrected chi connectivity index (χ3v) is 4.57. The van der Waals surface area contributed by atoms with E-state index in [1.807, 2.05) is 31.2 Å². The lowest BCUT2D eigenvalue weighted by Gasteiger charge is -2.20. The molecule has 0 aliphatic carbocycles. The number of hydrogen-bond acceptors (Lipinski definition) is 3. The number of carbonyl (C=O) groups is 2. The summed E-state index contributed by atoms with van der Waals surface area (Å²) in [5.74, 6) is -0.465. The molecule has 1 N–H and O–H groups in total. The maximum absolute atomic E-state index is 12.7.